The van der Waals surface area contributed by atoms with Crippen LogP contribution in [0.15, 0.2) is 71.4 Å². The summed E-state index contributed by atoms with van der Waals surface area (Å²) in [7, 11) is 0. The van der Waals surface area contributed by atoms with Crippen LogP contribution in [0.4, 0.5) is 4.79 Å². The Labute approximate surface area is 181 Å². The highest BCUT2D eigenvalue weighted by molar-refractivity contribution is 5.71. The Balaban J connectivity index is 0.00000124. The van der Waals surface area contributed by atoms with Gasteiger partial charge in [0.2, 0.25) is 0 Å². The number of hydrogen-bond donors (Lipinski definition) is 1. The molecule has 1 atom stereocenters. The van der Waals surface area contributed by atoms with E-state index in [4.69, 9.17) is 4.74 Å². The van der Waals surface area contributed by atoms with Gasteiger partial charge in [0, 0.05) is 39.3 Å². The Kier molecular flexibility index (Phi) is 8.72. The molecule has 2 aliphatic heterocycles. The van der Waals surface area contributed by atoms with Crippen molar-refractivity contribution in [2.45, 2.75) is 32.8 Å². The molecule has 2 fully saturated rings. The molecule has 1 N–H and O–H groups in total. The standard InChI is InChI=1S/C23H29N3O2.C2H6/c27-23-26(18-22(28-23)21-8-3-1-2-4-9-21)17-20-7-5-6-19(10-11-20)16-25-14-12-24-13-15-25;1-2/h1-3,5-6,8-11,22,24H,4,7,12-18H2;1-2H3. The first-order chi connectivity index (χ1) is 14.8. The molecule has 0 saturated carbocycles. The van der Waals surface area contributed by atoms with Crippen molar-refractivity contribution in [2.24, 2.45) is 0 Å². The number of cyclic esters (lactones) is 1. The zero-order chi connectivity index (χ0) is 21.2. The normalized spacial score (nSPS) is 24.2. The average molecular weight is 410 g/mol. The summed E-state index contributed by atoms with van der Waals surface area (Å²) in [5.41, 5.74) is 3.67. The number of ether oxygens (including phenoxy) is 1. The van der Waals surface area contributed by atoms with Crippen molar-refractivity contribution in [3.05, 3.63) is 71.4 Å². The molecule has 0 aromatic heterocycles. The van der Waals surface area contributed by atoms with Gasteiger partial charge in [-0.3, -0.25) is 4.90 Å². The van der Waals surface area contributed by atoms with E-state index in [2.05, 4.69) is 46.7 Å². The topological polar surface area (TPSA) is 44.8 Å². The molecule has 5 heteroatoms. The lowest BCUT2D eigenvalue weighted by molar-refractivity contribution is 0.144. The highest BCUT2D eigenvalue weighted by Crippen LogP contribution is 2.23. The van der Waals surface area contributed by atoms with Gasteiger partial charge in [-0.1, -0.05) is 68.5 Å². The number of allylic oxidation sites excluding steroid dienone is 7. The summed E-state index contributed by atoms with van der Waals surface area (Å²) in [5.74, 6) is 0. The first-order valence-electron chi connectivity index (χ1n) is 11.2. The molecule has 1 amide bonds. The number of hydrogen-bond acceptors (Lipinski definition) is 4. The number of rotatable bonds is 5. The third-order valence-corrected chi connectivity index (χ3v) is 5.54. The molecule has 2 saturated heterocycles. The highest BCUT2D eigenvalue weighted by atomic mass is 16.6. The Hall–Kier alpha value is -2.37. The molecule has 0 spiro atoms. The van der Waals surface area contributed by atoms with Gasteiger partial charge < -0.3 is 15.0 Å². The maximum absolute atomic E-state index is 12.4. The SMILES string of the molecule is CC.O=C1OC(C2=CCC=CC=C2)CN1CC1=CC=C(CN2CCNCC2)C=CC1. The molecule has 2 heterocycles. The summed E-state index contributed by atoms with van der Waals surface area (Å²) in [6.45, 7) is 10.6. The van der Waals surface area contributed by atoms with E-state index in [1.807, 2.05) is 37.0 Å². The van der Waals surface area contributed by atoms with Gasteiger partial charge in [0.1, 0.15) is 6.10 Å². The molecule has 0 aromatic carbocycles. The number of carbonyl (C=O) groups excluding carboxylic acids is 1. The smallest absolute Gasteiger partial charge is 0.410 e. The molecule has 0 bridgehead atoms. The van der Waals surface area contributed by atoms with Crippen LogP contribution in [-0.2, 0) is 4.74 Å². The zero-order valence-corrected chi connectivity index (χ0v) is 18.3. The van der Waals surface area contributed by atoms with Gasteiger partial charge in [0.15, 0.2) is 0 Å². The van der Waals surface area contributed by atoms with E-state index in [9.17, 15) is 4.79 Å². The van der Waals surface area contributed by atoms with Gasteiger partial charge in [0.25, 0.3) is 0 Å². The number of nitrogens with one attached hydrogen (secondary N) is 1. The third-order valence-electron chi connectivity index (χ3n) is 5.54. The van der Waals surface area contributed by atoms with E-state index >= 15 is 0 Å². The van der Waals surface area contributed by atoms with Crippen LogP contribution in [0.2, 0.25) is 0 Å². The van der Waals surface area contributed by atoms with Gasteiger partial charge in [-0.15, -0.1) is 0 Å². The Bertz CT molecular complexity index is 767. The van der Waals surface area contributed by atoms with Crippen LogP contribution in [0.25, 0.3) is 0 Å². The van der Waals surface area contributed by atoms with Crippen LogP contribution >= 0.6 is 0 Å². The molecule has 4 rings (SSSR count). The Morgan fingerprint density at radius 1 is 1.07 bits per heavy atom. The van der Waals surface area contributed by atoms with Crippen molar-refractivity contribution in [3.63, 3.8) is 0 Å². The molecular weight excluding hydrogens is 374 g/mol. The van der Waals surface area contributed by atoms with Crippen molar-refractivity contribution >= 4 is 6.09 Å². The van der Waals surface area contributed by atoms with E-state index in [1.165, 1.54) is 11.1 Å². The predicted molar refractivity (Wildman–Crippen MR) is 123 cm³/mol. The summed E-state index contributed by atoms with van der Waals surface area (Å²) in [6.07, 6.45) is 20.6. The van der Waals surface area contributed by atoms with Gasteiger partial charge in [-0.2, -0.15) is 0 Å². The molecule has 4 aliphatic rings. The third kappa shape index (κ3) is 6.31. The molecular formula is C25H35N3O2. The number of piperazine rings is 1. The van der Waals surface area contributed by atoms with Crippen LogP contribution in [0.5, 0.6) is 0 Å². The maximum Gasteiger partial charge on any atom is 0.410 e. The lowest BCUT2D eigenvalue weighted by atomic mass is 10.1. The minimum absolute atomic E-state index is 0.163. The van der Waals surface area contributed by atoms with E-state index < -0.39 is 0 Å². The van der Waals surface area contributed by atoms with Crippen LogP contribution in [0.3, 0.4) is 0 Å². The molecule has 0 aromatic rings. The highest BCUT2D eigenvalue weighted by Gasteiger charge is 2.33. The first-order valence-corrected chi connectivity index (χ1v) is 11.2. The van der Waals surface area contributed by atoms with Crippen molar-refractivity contribution in [2.75, 3.05) is 45.8 Å². The van der Waals surface area contributed by atoms with E-state index in [1.54, 1.807) is 0 Å². The van der Waals surface area contributed by atoms with Gasteiger partial charge >= 0.3 is 6.09 Å². The van der Waals surface area contributed by atoms with Crippen LogP contribution in [0.1, 0.15) is 26.7 Å². The van der Waals surface area contributed by atoms with Gasteiger partial charge in [-0.25, -0.2) is 4.79 Å². The van der Waals surface area contributed by atoms with Gasteiger partial charge in [-0.05, 0) is 29.6 Å². The quantitative estimate of drug-likeness (QED) is 0.746. The van der Waals surface area contributed by atoms with Gasteiger partial charge in [0.05, 0.1) is 6.54 Å². The fraction of sp³-hybridized carbons (Fsp3) is 0.480. The lowest BCUT2D eigenvalue weighted by Gasteiger charge is -2.27. The van der Waals surface area contributed by atoms with Crippen molar-refractivity contribution in [1.29, 1.82) is 0 Å². The van der Waals surface area contributed by atoms with Crippen LogP contribution in [0, 0.1) is 0 Å². The first kappa shape index (κ1) is 22.3. The number of nitrogens with zero attached hydrogens (tertiary/aromatic N) is 2. The van der Waals surface area contributed by atoms with Crippen molar-refractivity contribution in [1.82, 2.24) is 15.1 Å². The fourth-order valence-electron chi connectivity index (χ4n) is 3.95. The average Bonchev–Trinajstić information content (AvgIpc) is 2.98. The van der Waals surface area contributed by atoms with Crippen molar-refractivity contribution in [3.8, 4) is 0 Å². The second-order valence-corrected chi connectivity index (χ2v) is 7.68. The minimum Gasteiger partial charge on any atom is -0.439 e. The molecule has 0 radical (unpaired) electrons. The van der Waals surface area contributed by atoms with E-state index in [-0.39, 0.29) is 12.2 Å². The fourth-order valence-corrected chi connectivity index (χ4v) is 3.95. The van der Waals surface area contributed by atoms with Crippen LogP contribution < -0.4 is 5.32 Å². The summed E-state index contributed by atoms with van der Waals surface area (Å²) in [6, 6.07) is 0. The van der Waals surface area contributed by atoms with Crippen LogP contribution in [-0.4, -0.2) is 67.8 Å². The summed E-state index contributed by atoms with van der Waals surface area (Å²) >= 11 is 0. The molecule has 5 nitrogen and oxygen atoms in total. The summed E-state index contributed by atoms with van der Waals surface area (Å²) < 4.78 is 5.63. The zero-order valence-electron chi connectivity index (χ0n) is 18.3. The second-order valence-electron chi connectivity index (χ2n) is 7.68. The molecule has 30 heavy (non-hydrogen) atoms. The molecule has 162 valence electrons. The van der Waals surface area contributed by atoms with E-state index in [0.717, 1.165) is 51.1 Å². The van der Waals surface area contributed by atoms with E-state index in [0.29, 0.717) is 13.1 Å². The summed E-state index contributed by atoms with van der Waals surface area (Å²) in [5, 5.41) is 3.39. The summed E-state index contributed by atoms with van der Waals surface area (Å²) in [4.78, 5) is 16.7. The second kappa shape index (κ2) is 11.7. The number of carbonyl (C=O) groups is 1. The van der Waals surface area contributed by atoms with Crippen molar-refractivity contribution < 1.29 is 9.53 Å². The maximum atomic E-state index is 12.4. The number of amides is 1. The molecule has 1 unspecified atom stereocenters. The monoisotopic (exact) mass is 409 g/mol. The Morgan fingerprint density at radius 3 is 2.73 bits per heavy atom. The largest absolute Gasteiger partial charge is 0.439 e. The predicted octanol–water partition coefficient (Wildman–Crippen LogP) is 3.99. The lowest BCUT2D eigenvalue weighted by Crippen LogP contribution is -2.44. The minimum atomic E-state index is -0.212. The Morgan fingerprint density at radius 2 is 1.90 bits per heavy atom. The molecule has 2 aliphatic carbocycles.